The predicted octanol–water partition coefficient (Wildman–Crippen LogP) is 1.95. The molecule has 0 aliphatic heterocycles. The van der Waals surface area contributed by atoms with Crippen LogP contribution < -0.4 is 10.6 Å². The summed E-state index contributed by atoms with van der Waals surface area (Å²) in [6.07, 6.45) is 0. The van der Waals surface area contributed by atoms with E-state index in [1.165, 1.54) is 0 Å². The first kappa shape index (κ1) is 35.0. The topological polar surface area (TPSA) is 95.1 Å². The second kappa shape index (κ2) is 29.4. The van der Waals surface area contributed by atoms with Crippen molar-refractivity contribution in [1.82, 2.24) is 10.6 Å². The number of hydrogen-bond donors (Lipinski definition) is 3. The van der Waals surface area contributed by atoms with Crippen LogP contribution in [-0.2, 0) is 28.5 Å². The molecule has 8 nitrogen and oxygen atoms in total. The molecule has 0 aliphatic carbocycles. The van der Waals surface area contributed by atoms with Crippen LogP contribution in [0.3, 0.4) is 0 Å². The summed E-state index contributed by atoms with van der Waals surface area (Å²) >= 11 is 8.69. The van der Waals surface area contributed by atoms with Crippen LogP contribution in [0.1, 0.15) is 0 Å². The standard InChI is InChI=1S/C10H19NO3S.C5H8BrNO.C5H12O2S/c1-9(10(12)11-2)8-15-7-6-14-5-4-13-3;1-4(3-6)5(8)7-2;1-6-2-3-7-4-5-8/h1,4-8H2,2-3H3,(H,11,12);1,3H2,2H3,(H,7,8);8H,2-5H2,1H3. The van der Waals surface area contributed by atoms with Gasteiger partial charge in [-0.15, -0.1) is 0 Å². The molecule has 184 valence electrons. The van der Waals surface area contributed by atoms with Gasteiger partial charge in [0.1, 0.15) is 0 Å². The van der Waals surface area contributed by atoms with Crippen molar-refractivity contribution in [2.24, 2.45) is 0 Å². The number of thiol groups is 1. The average molecular weight is 548 g/mol. The zero-order chi connectivity index (χ0) is 24.3. The molecule has 0 aromatic carbocycles. The maximum atomic E-state index is 11.0. The number of carbonyl (C=O) groups is 2. The summed E-state index contributed by atoms with van der Waals surface area (Å²) in [5.41, 5.74) is 1.15. The molecule has 2 N–H and O–H groups in total. The van der Waals surface area contributed by atoms with Gasteiger partial charge in [-0.3, -0.25) is 9.59 Å². The van der Waals surface area contributed by atoms with Crippen molar-refractivity contribution in [3.8, 4) is 0 Å². The molecule has 0 saturated heterocycles. The highest BCUT2D eigenvalue weighted by atomic mass is 79.9. The summed E-state index contributed by atoms with van der Waals surface area (Å²) in [4.78, 5) is 21.5. The van der Waals surface area contributed by atoms with E-state index in [0.29, 0.717) is 61.9 Å². The van der Waals surface area contributed by atoms with Crippen LogP contribution in [0.5, 0.6) is 0 Å². The van der Waals surface area contributed by atoms with Crippen LogP contribution in [0.15, 0.2) is 24.3 Å². The minimum Gasteiger partial charge on any atom is -0.382 e. The lowest BCUT2D eigenvalue weighted by Gasteiger charge is -2.05. The second-order valence-corrected chi connectivity index (χ2v) is 7.60. The van der Waals surface area contributed by atoms with E-state index in [-0.39, 0.29) is 11.8 Å². The number of alkyl halides is 1. The number of thioether (sulfide) groups is 1. The van der Waals surface area contributed by atoms with E-state index in [9.17, 15) is 9.59 Å². The molecule has 0 atom stereocenters. The Morgan fingerprint density at radius 2 is 1.35 bits per heavy atom. The molecule has 0 saturated carbocycles. The average Bonchev–Trinajstić information content (AvgIpc) is 2.80. The van der Waals surface area contributed by atoms with E-state index in [1.807, 2.05) is 0 Å². The van der Waals surface area contributed by atoms with Gasteiger partial charge < -0.3 is 29.6 Å². The number of rotatable bonds is 16. The molecule has 0 fully saturated rings. The number of carbonyl (C=O) groups excluding carboxylic acids is 2. The first-order valence-corrected chi connectivity index (χ1v) is 12.4. The van der Waals surface area contributed by atoms with E-state index in [1.54, 1.807) is 40.1 Å². The largest absolute Gasteiger partial charge is 0.382 e. The van der Waals surface area contributed by atoms with Crippen LogP contribution >= 0.6 is 40.3 Å². The lowest BCUT2D eigenvalue weighted by molar-refractivity contribution is -0.117. The highest BCUT2D eigenvalue weighted by molar-refractivity contribution is 9.09. The maximum Gasteiger partial charge on any atom is 0.247 e. The number of halogens is 1. The number of ether oxygens (including phenoxy) is 4. The molecule has 0 heterocycles. The van der Waals surface area contributed by atoms with Crippen LogP contribution in [0.4, 0.5) is 0 Å². The van der Waals surface area contributed by atoms with Gasteiger partial charge in [-0.1, -0.05) is 29.1 Å². The summed E-state index contributed by atoms with van der Waals surface area (Å²) in [6.45, 7) is 11.1. The predicted molar refractivity (Wildman–Crippen MR) is 137 cm³/mol. The molecule has 2 amide bonds. The van der Waals surface area contributed by atoms with Crippen LogP contribution in [0.25, 0.3) is 0 Å². The fourth-order valence-electron chi connectivity index (χ4n) is 1.35. The molecular formula is C20H39BrN2O6S2. The van der Waals surface area contributed by atoms with E-state index in [0.717, 1.165) is 11.5 Å². The molecule has 31 heavy (non-hydrogen) atoms. The van der Waals surface area contributed by atoms with E-state index in [2.05, 4.69) is 52.4 Å². The third kappa shape index (κ3) is 29.4. The molecule has 0 bridgehead atoms. The van der Waals surface area contributed by atoms with Gasteiger partial charge in [0.15, 0.2) is 0 Å². The highest BCUT2D eigenvalue weighted by Gasteiger charge is 2.03. The SMILES string of the molecule is C=C(CBr)C(=O)NC.C=C(CSCCOCCOC)C(=O)NC.COCCOCCS. The van der Waals surface area contributed by atoms with Crippen molar-refractivity contribution in [3.63, 3.8) is 0 Å². The Hall–Kier alpha value is -0.560. The fraction of sp³-hybridized carbons (Fsp3) is 0.700. The lowest BCUT2D eigenvalue weighted by atomic mass is 10.3. The Morgan fingerprint density at radius 3 is 1.74 bits per heavy atom. The Kier molecular flexibility index (Phi) is 33.3. The lowest BCUT2D eigenvalue weighted by Crippen LogP contribution is -2.20. The van der Waals surface area contributed by atoms with Crippen molar-refractivity contribution in [2.45, 2.75) is 0 Å². The summed E-state index contributed by atoms with van der Waals surface area (Å²) in [6, 6.07) is 0. The van der Waals surface area contributed by atoms with Crippen molar-refractivity contribution >= 4 is 52.1 Å². The monoisotopic (exact) mass is 546 g/mol. The number of hydrogen-bond acceptors (Lipinski definition) is 8. The van der Waals surface area contributed by atoms with Crippen LogP contribution in [0, 0.1) is 0 Å². The molecule has 0 unspecified atom stereocenters. The van der Waals surface area contributed by atoms with Crippen LogP contribution in [-0.4, -0.2) is 102 Å². The van der Waals surface area contributed by atoms with E-state index < -0.39 is 0 Å². The van der Waals surface area contributed by atoms with Crippen molar-refractivity contribution in [3.05, 3.63) is 24.3 Å². The zero-order valence-electron chi connectivity index (χ0n) is 19.2. The quantitative estimate of drug-likeness (QED) is 0.118. The Labute approximate surface area is 205 Å². The van der Waals surface area contributed by atoms with Crippen LogP contribution in [0.2, 0.25) is 0 Å². The van der Waals surface area contributed by atoms with Gasteiger partial charge in [-0.2, -0.15) is 24.4 Å². The number of likely N-dealkylation sites (N-methyl/N-ethyl adjacent to an activating group) is 2. The van der Waals surface area contributed by atoms with Gasteiger partial charge >= 0.3 is 0 Å². The summed E-state index contributed by atoms with van der Waals surface area (Å²) in [5, 5.41) is 5.52. The minimum atomic E-state index is -0.109. The number of amides is 2. The first-order chi connectivity index (χ1) is 14.9. The zero-order valence-corrected chi connectivity index (χ0v) is 22.5. The van der Waals surface area contributed by atoms with Gasteiger partial charge in [0.25, 0.3) is 0 Å². The Morgan fingerprint density at radius 1 is 0.871 bits per heavy atom. The molecule has 0 aromatic heterocycles. The Bertz CT molecular complexity index is 451. The van der Waals surface area contributed by atoms with Crippen molar-refractivity contribution in [2.75, 3.05) is 90.5 Å². The molecule has 0 spiro atoms. The molecule has 0 radical (unpaired) electrons. The van der Waals surface area contributed by atoms with Gasteiger partial charge in [0.2, 0.25) is 11.8 Å². The smallest absolute Gasteiger partial charge is 0.247 e. The third-order valence-corrected chi connectivity index (χ3v) is 4.87. The summed E-state index contributed by atoms with van der Waals surface area (Å²) in [5.74, 6) is 2.08. The minimum absolute atomic E-state index is 0.0946. The van der Waals surface area contributed by atoms with Crippen molar-refractivity contribution < 1.29 is 28.5 Å². The number of nitrogens with one attached hydrogen (secondary N) is 2. The highest BCUT2D eigenvalue weighted by Crippen LogP contribution is 2.05. The van der Waals surface area contributed by atoms with Crippen molar-refractivity contribution in [1.29, 1.82) is 0 Å². The summed E-state index contributed by atoms with van der Waals surface area (Å²) in [7, 11) is 6.48. The molecular weight excluding hydrogens is 508 g/mol. The first-order valence-electron chi connectivity index (χ1n) is 9.53. The third-order valence-electron chi connectivity index (χ3n) is 3.01. The van der Waals surface area contributed by atoms with Gasteiger partial charge in [0.05, 0.1) is 39.6 Å². The normalized spacial score (nSPS) is 9.48. The number of methoxy groups -OCH3 is 2. The molecule has 0 aromatic rings. The maximum absolute atomic E-state index is 11.0. The van der Waals surface area contributed by atoms with E-state index in [4.69, 9.17) is 18.9 Å². The van der Waals surface area contributed by atoms with Gasteiger partial charge in [-0.25, -0.2) is 0 Å². The van der Waals surface area contributed by atoms with E-state index >= 15 is 0 Å². The van der Waals surface area contributed by atoms with Gasteiger partial charge in [-0.05, 0) is 0 Å². The Balaban J connectivity index is -0.000000415. The summed E-state index contributed by atoms with van der Waals surface area (Å²) < 4.78 is 19.9. The van der Waals surface area contributed by atoms with Gasteiger partial charge in [0, 0.05) is 62.0 Å². The molecule has 0 rings (SSSR count). The second-order valence-electron chi connectivity index (χ2n) is 5.49. The molecule has 11 heteroatoms. The fourth-order valence-corrected chi connectivity index (χ4v) is 2.49. The molecule has 0 aliphatic rings.